The maximum atomic E-state index is 9.88. The third kappa shape index (κ3) is 10.7. The van der Waals surface area contributed by atoms with Gasteiger partial charge in [0.1, 0.15) is 30.1 Å². The van der Waals surface area contributed by atoms with Gasteiger partial charge >= 0.3 is 0 Å². The first-order valence-electron chi connectivity index (χ1n) is 12.0. The normalized spacial score (nSPS) is 25.3. The summed E-state index contributed by atoms with van der Waals surface area (Å²) in [7, 11) is 0. The Morgan fingerprint density at radius 2 is 1.63 bits per heavy atom. The molecule has 1 aromatic heterocycles. The van der Waals surface area contributed by atoms with E-state index in [0.717, 1.165) is 18.7 Å². The number of hydrogen-bond acceptors (Lipinski definition) is 12. The van der Waals surface area contributed by atoms with Crippen molar-refractivity contribution in [1.29, 1.82) is 0 Å². The smallest absolute Gasteiger partial charge is 0.186 e. The summed E-state index contributed by atoms with van der Waals surface area (Å²) in [5, 5.41) is 46.7. The van der Waals surface area contributed by atoms with Crippen molar-refractivity contribution in [2.45, 2.75) is 76.7 Å². The van der Waals surface area contributed by atoms with Crippen molar-refractivity contribution >= 4 is 0 Å². The summed E-state index contributed by atoms with van der Waals surface area (Å²) in [5.74, 6) is 0. The average molecular weight is 508 g/mol. The summed E-state index contributed by atoms with van der Waals surface area (Å²) < 4.78 is 34.4. The van der Waals surface area contributed by atoms with E-state index < -0.39 is 37.3 Å². The molecule has 5 atom stereocenters. The molecule has 1 fully saturated rings. The molecular formula is C22H41N3O10. The van der Waals surface area contributed by atoms with Gasteiger partial charge in [-0.15, -0.1) is 5.10 Å². The van der Waals surface area contributed by atoms with Crippen LogP contribution >= 0.6 is 0 Å². The number of ether oxygens (including phenoxy) is 6. The van der Waals surface area contributed by atoms with Gasteiger partial charge in [-0.05, 0) is 27.2 Å². The molecule has 204 valence electrons. The molecule has 0 aromatic carbocycles. The number of aryl methyl sites for hydroxylation is 1. The van der Waals surface area contributed by atoms with Crippen LogP contribution in [-0.4, -0.2) is 125 Å². The minimum Gasteiger partial charge on any atom is -0.394 e. The topological polar surface area (TPSA) is 167 Å². The van der Waals surface area contributed by atoms with Gasteiger partial charge in [-0.3, -0.25) is 4.68 Å². The molecule has 1 aromatic rings. The highest BCUT2D eigenvalue weighted by Crippen LogP contribution is 2.21. The fraction of sp³-hybridized carbons (Fsp3) is 0.909. The van der Waals surface area contributed by atoms with Crippen molar-refractivity contribution in [2.24, 2.45) is 0 Å². The van der Waals surface area contributed by atoms with Gasteiger partial charge in [0.25, 0.3) is 0 Å². The Hall–Kier alpha value is -1.26. The molecule has 1 saturated heterocycles. The summed E-state index contributed by atoms with van der Waals surface area (Å²) in [4.78, 5) is 0. The lowest BCUT2D eigenvalue weighted by molar-refractivity contribution is -0.302. The van der Waals surface area contributed by atoms with Crippen molar-refractivity contribution in [1.82, 2.24) is 15.0 Å². The van der Waals surface area contributed by atoms with E-state index in [9.17, 15) is 15.3 Å². The molecule has 4 N–H and O–H groups in total. The predicted molar refractivity (Wildman–Crippen MR) is 121 cm³/mol. The molecule has 0 radical (unpaired) electrons. The molecule has 0 amide bonds. The molecule has 13 heteroatoms. The summed E-state index contributed by atoms with van der Waals surface area (Å²) >= 11 is 0. The highest BCUT2D eigenvalue weighted by molar-refractivity contribution is 4.90. The third-order valence-corrected chi connectivity index (χ3v) is 5.42. The summed E-state index contributed by atoms with van der Waals surface area (Å²) in [6.45, 7) is 9.17. The average Bonchev–Trinajstić information content (AvgIpc) is 3.29. The highest BCUT2D eigenvalue weighted by Gasteiger charge is 2.43. The molecule has 1 aliphatic rings. The Kier molecular flexibility index (Phi) is 13.5. The van der Waals surface area contributed by atoms with Crippen LogP contribution in [0.2, 0.25) is 0 Å². The van der Waals surface area contributed by atoms with Crippen molar-refractivity contribution in [3.05, 3.63) is 11.9 Å². The molecule has 0 aliphatic carbocycles. The number of rotatable bonds is 18. The Bertz CT molecular complexity index is 690. The van der Waals surface area contributed by atoms with Gasteiger partial charge in [-0.1, -0.05) is 5.21 Å². The third-order valence-electron chi connectivity index (χ3n) is 5.42. The van der Waals surface area contributed by atoms with Crippen LogP contribution in [0.5, 0.6) is 0 Å². The monoisotopic (exact) mass is 507 g/mol. The minimum absolute atomic E-state index is 0.0929. The zero-order chi connectivity index (χ0) is 25.7. The summed E-state index contributed by atoms with van der Waals surface area (Å²) in [5.41, 5.74) is 0.553. The predicted octanol–water partition coefficient (Wildman–Crippen LogP) is -1.15. The van der Waals surface area contributed by atoms with E-state index in [1.165, 1.54) is 0 Å². The Balaban J connectivity index is 1.44. The Labute approximate surface area is 205 Å². The Morgan fingerprint density at radius 3 is 2.29 bits per heavy atom. The molecule has 0 saturated carbocycles. The van der Waals surface area contributed by atoms with Crippen molar-refractivity contribution in [3.63, 3.8) is 0 Å². The van der Waals surface area contributed by atoms with Crippen LogP contribution < -0.4 is 0 Å². The fourth-order valence-corrected chi connectivity index (χ4v) is 3.41. The van der Waals surface area contributed by atoms with Gasteiger partial charge in [-0.25, -0.2) is 0 Å². The molecule has 0 spiro atoms. The lowest BCUT2D eigenvalue weighted by Gasteiger charge is -2.39. The highest BCUT2D eigenvalue weighted by atomic mass is 16.7. The van der Waals surface area contributed by atoms with Crippen LogP contribution in [-0.2, 0) is 41.6 Å². The van der Waals surface area contributed by atoms with E-state index in [4.69, 9.17) is 33.5 Å². The standard InChI is InChI=1S/C22H41N3O10/c1-4-34-22(2,3)5-6-25-13-16(23-24-25)15-32-10-9-30-7-8-31-11-12-33-21-20(29)19(28)18(27)17(14-26)35-21/h13,17-21,26-29H,4-12,14-15H2,1-3H3. The molecule has 2 rings (SSSR count). The van der Waals surface area contributed by atoms with Crippen LogP contribution in [0.3, 0.4) is 0 Å². The van der Waals surface area contributed by atoms with Crippen molar-refractivity contribution < 1.29 is 48.8 Å². The second kappa shape index (κ2) is 15.8. The van der Waals surface area contributed by atoms with Crippen LogP contribution in [0.1, 0.15) is 32.9 Å². The van der Waals surface area contributed by atoms with Gasteiger partial charge in [-0.2, -0.15) is 0 Å². The zero-order valence-corrected chi connectivity index (χ0v) is 20.8. The van der Waals surface area contributed by atoms with Crippen LogP contribution in [0.25, 0.3) is 0 Å². The molecule has 2 heterocycles. The number of aliphatic hydroxyl groups is 4. The number of aromatic nitrogens is 3. The molecule has 13 nitrogen and oxygen atoms in total. The van der Waals surface area contributed by atoms with E-state index in [-0.39, 0.29) is 18.8 Å². The maximum absolute atomic E-state index is 9.88. The van der Waals surface area contributed by atoms with Crippen LogP contribution in [0.15, 0.2) is 6.20 Å². The molecule has 1 aliphatic heterocycles. The van der Waals surface area contributed by atoms with Gasteiger partial charge in [0.15, 0.2) is 6.29 Å². The van der Waals surface area contributed by atoms with Gasteiger partial charge in [0, 0.05) is 13.2 Å². The van der Waals surface area contributed by atoms with E-state index in [2.05, 4.69) is 24.2 Å². The first kappa shape index (κ1) is 30.0. The maximum Gasteiger partial charge on any atom is 0.186 e. The molecule has 35 heavy (non-hydrogen) atoms. The largest absolute Gasteiger partial charge is 0.394 e. The fourth-order valence-electron chi connectivity index (χ4n) is 3.41. The molecular weight excluding hydrogens is 466 g/mol. The van der Waals surface area contributed by atoms with Crippen LogP contribution in [0, 0.1) is 0 Å². The Morgan fingerprint density at radius 1 is 0.971 bits per heavy atom. The van der Waals surface area contributed by atoms with E-state index in [1.54, 1.807) is 4.68 Å². The second-order valence-electron chi connectivity index (χ2n) is 8.76. The van der Waals surface area contributed by atoms with Crippen molar-refractivity contribution in [3.8, 4) is 0 Å². The molecule has 0 bridgehead atoms. The van der Waals surface area contributed by atoms with E-state index in [1.807, 2.05) is 13.1 Å². The number of nitrogens with zero attached hydrogens (tertiary/aromatic N) is 3. The first-order valence-corrected chi connectivity index (χ1v) is 12.0. The summed E-state index contributed by atoms with van der Waals surface area (Å²) in [6, 6.07) is 0. The number of hydrogen-bond donors (Lipinski definition) is 4. The summed E-state index contributed by atoms with van der Waals surface area (Å²) in [6.07, 6.45) is -3.76. The second-order valence-corrected chi connectivity index (χ2v) is 8.76. The lowest BCUT2D eigenvalue weighted by atomic mass is 9.99. The lowest BCUT2D eigenvalue weighted by Crippen LogP contribution is -2.59. The first-order chi connectivity index (χ1) is 16.8. The number of aliphatic hydroxyl groups excluding tert-OH is 4. The SMILES string of the molecule is CCOC(C)(C)CCn1cc(COCCOCCOCCOC2OC(CO)C(O)C(O)C2O)nn1. The van der Waals surface area contributed by atoms with Crippen molar-refractivity contribution in [2.75, 3.05) is 52.9 Å². The zero-order valence-electron chi connectivity index (χ0n) is 20.8. The van der Waals surface area contributed by atoms with E-state index in [0.29, 0.717) is 39.6 Å². The quantitative estimate of drug-likeness (QED) is 0.176. The molecule has 5 unspecified atom stereocenters. The minimum atomic E-state index is -1.47. The van der Waals surface area contributed by atoms with Crippen LogP contribution in [0.4, 0.5) is 0 Å². The van der Waals surface area contributed by atoms with Gasteiger partial charge in [0.2, 0.25) is 0 Å². The van der Waals surface area contributed by atoms with Gasteiger partial charge < -0.3 is 48.8 Å². The van der Waals surface area contributed by atoms with E-state index >= 15 is 0 Å². The van der Waals surface area contributed by atoms with Gasteiger partial charge in [0.05, 0.1) is 64.7 Å².